The number of thioether (sulfide) groups is 1. The van der Waals surface area contributed by atoms with Crippen molar-refractivity contribution in [2.45, 2.75) is 17.7 Å². The van der Waals surface area contributed by atoms with Gasteiger partial charge in [-0.15, -0.1) is 16.8 Å². The van der Waals surface area contributed by atoms with Crippen molar-refractivity contribution in [3.63, 3.8) is 0 Å². The van der Waals surface area contributed by atoms with Gasteiger partial charge in [-0.3, -0.25) is 19.7 Å². The van der Waals surface area contributed by atoms with Crippen molar-refractivity contribution in [1.29, 1.82) is 0 Å². The molecule has 3 N–H and O–H groups in total. The summed E-state index contributed by atoms with van der Waals surface area (Å²) >= 11 is 7.08. The van der Waals surface area contributed by atoms with Gasteiger partial charge in [0, 0.05) is 24.2 Å². The minimum absolute atomic E-state index is 0.108. The number of halogens is 1. The van der Waals surface area contributed by atoms with E-state index in [2.05, 4.69) is 27.4 Å². The Kier molecular flexibility index (Phi) is 9.60. The standard InChI is InChI=1S/C23H23ClN6O6S/c1-3-10-29-21(19(12-31)26-22(33)14-4-7-16(36-2)8-5-14)27-28-23(29)37-13-20(32)25-18-11-15(30(34)35)6-9-17(18)24/h3-9,11,19,31H,1,10,12-13H2,2H3,(H,25,32)(H,26,33)/t19-/m1/s1. The van der Waals surface area contributed by atoms with E-state index >= 15 is 0 Å². The van der Waals surface area contributed by atoms with Crippen LogP contribution in [0.4, 0.5) is 11.4 Å². The Morgan fingerprint density at radius 2 is 2.03 bits per heavy atom. The molecule has 0 saturated heterocycles. The molecule has 0 aliphatic carbocycles. The Morgan fingerprint density at radius 1 is 1.30 bits per heavy atom. The molecule has 12 nitrogen and oxygen atoms in total. The van der Waals surface area contributed by atoms with Crippen molar-refractivity contribution in [2.24, 2.45) is 0 Å². The average Bonchev–Trinajstić information content (AvgIpc) is 3.29. The molecule has 0 radical (unpaired) electrons. The molecular weight excluding hydrogens is 524 g/mol. The highest BCUT2D eigenvalue weighted by Gasteiger charge is 2.23. The molecule has 1 aromatic heterocycles. The predicted octanol–water partition coefficient (Wildman–Crippen LogP) is 3.23. The van der Waals surface area contributed by atoms with E-state index in [-0.39, 0.29) is 34.5 Å². The number of hydrogen-bond acceptors (Lipinski definition) is 9. The number of carbonyl (C=O) groups excluding carboxylic acids is 2. The zero-order chi connectivity index (χ0) is 26.9. The topological polar surface area (TPSA) is 162 Å². The molecule has 0 bridgehead atoms. The number of amides is 2. The smallest absolute Gasteiger partial charge is 0.271 e. The van der Waals surface area contributed by atoms with E-state index in [1.165, 1.54) is 25.3 Å². The van der Waals surface area contributed by atoms with Crippen molar-refractivity contribution >= 4 is 46.6 Å². The van der Waals surface area contributed by atoms with E-state index in [9.17, 15) is 24.8 Å². The van der Waals surface area contributed by atoms with Crippen molar-refractivity contribution in [1.82, 2.24) is 20.1 Å². The fraction of sp³-hybridized carbons (Fsp3) is 0.217. The summed E-state index contributed by atoms with van der Waals surface area (Å²) in [6.45, 7) is 3.51. The van der Waals surface area contributed by atoms with E-state index in [1.54, 1.807) is 34.9 Å². The van der Waals surface area contributed by atoms with Crippen LogP contribution >= 0.6 is 23.4 Å². The predicted molar refractivity (Wildman–Crippen MR) is 138 cm³/mol. The van der Waals surface area contributed by atoms with Crippen LogP contribution in [0.5, 0.6) is 5.75 Å². The first kappa shape index (κ1) is 27.6. The van der Waals surface area contributed by atoms with Gasteiger partial charge >= 0.3 is 0 Å². The van der Waals surface area contributed by atoms with Crippen molar-refractivity contribution in [3.8, 4) is 5.75 Å². The summed E-state index contributed by atoms with van der Waals surface area (Å²) in [7, 11) is 1.52. The lowest BCUT2D eigenvalue weighted by atomic mass is 10.2. The SMILES string of the molecule is C=CCn1c(SCC(=O)Nc2cc([N+](=O)[O-])ccc2Cl)nnc1[C@@H](CO)NC(=O)c1ccc(OC)cc1. The first-order chi connectivity index (χ1) is 17.8. The second-order valence-corrected chi connectivity index (χ2v) is 8.78. The molecule has 0 aliphatic rings. The number of nitro groups is 1. The van der Waals surface area contributed by atoms with Crippen LogP contribution in [0, 0.1) is 10.1 Å². The number of anilines is 1. The summed E-state index contributed by atoms with van der Waals surface area (Å²) in [5, 5.41) is 34.9. The maximum absolute atomic E-state index is 12.7. The van der Waals surface area contributed by atoms with Gasteiger partial charge < -0.3 is 25.0 Å². The highest BCUT2D eigenvalue weighted by molar-refractivity contribution is 7.99. The molecule has 0 saturated carbocycles. The molecule has 0 unspecified atom stereocenters. The molecule has 37 heavy (non-hydrogen) atoms. The molecule has 0 aliphatic heterocycles. The van der Waals surface area contributed by atoms with Gasteiger partial charge in [-0.1, -0.05) is 29.4 Å². The summed E-state index contributed by atoms with van der Waals surface area (Å²) in [6, 6.07) is 9.30. The third-order valence-electron chi connectivity index (χ3n) is 4.98. The van der Waals surface area contributed by atoms with Gasteiger partial charge in [0.05, 0.1) is 35.1 Å². The van der Waals surface area contributed by atoms with Crippen LogP contribution in [0.3, 0.4) is 0 Å². The zero-order valence-electron chi connectivity index (χ0n) is 19.6. The van der Waals surface area contributed by atoms with E-state index in [4.69, 9.17) is 16.3 Å². The molecule has 194 valence electrons. The lowest BCUT2D eigenvalue weighted by Gasteiger charge is -2.17. The highest BCUT2D eigenvalue weighted by atomic mass is 35.5. The van der Waals surface area contributed by atoms with Gasteiger partial charge in [-0.05, 0) is 30.3 Å². The van der Waals surface area contributed by atoms with Crippen molar-refractivity contribution in [3.05, 3.63) is 81.6 Å². The number of nitrogens with one attached hydrogen (secondary N) is 2. The van der Waals surface area contributed by atoms with Gasteiger partial charge in [0.25, 0.3) is 11.6 Å². The summed E-state index contributed by atoms with van der Waals surface area (Å²) in [5.41, 5.74) is 0.255. The van der Waals surface area contributed by atoms with Gasteiger partial charge in [0.15, 0.2) is 11.0 Å². The first-order valence-corrected chi connectivity index (χ1v) is 12.1. The second kappa shape index (κ2) is 12.9. The number of hydrogen-bond donors (Lipinski definition) is 3. The van der Waals surface area contributed by atoms with Crippen LogP contribution in [0.2, 0.25) is 5.02 Å². The molecular formula is C23H23ClN6O6S. The van der Waals surface area contributed by atoms with E-state index in [0.29, 0.717) is 16.5 Å². The zero-order valence-corrected chi connectivity index (χ0v) is 21.2. The second-order valence-electron chi connectivity index (χ2n) is 7.44. The van der Waals surface area contributed by atoms with Crippen LogP contribution in [0.1, 0.15) is 22.2 Å². The molecule has 0 spiro atoms. The number of aliphatic hydroxyl groups excluding tert-OH is 1. The number of allylic oxidation sites excluding steroid dienone is 1. The molecule has 1 heterocycles. The largest absolute Gasteiger partial charge is 0.497 e. The Hall–Kier alpha value is -3.94. The lowest BCUT2D eigenvalue weighted by molar-refractivity contribution is -0.384. The molecule has 14 heteroatoms. The summed E-state index contributed by atoms with van der Waals surface area (Å²) in [5.74, 6) is -0.157. The van der Waals surface area contributed by atoms with Gasteiger partial charge in [-0.25, -0.2) is 0 Å². The minimum atomic E-state index is -0.881. The van der Waals surface area contributed by atoms with Crippen LogP contribution in [-0.4, -0.2) is 56.1 Å². The number of nitro benzene ring substituents is 1. The quantitative estimate of drug-likeness (QED) is 0.134. The van der Waals surface area contributed by atoms with E-state index in [0.717, 1.165) is 11.8 Å². The Bertz CT molecular complexity index is 1300. The summed E-state index contributed by atoms with van der Waals surface area (Å²) in [6.07, 6.45) is 1.58. The molecule has 1 atom stereocenters. The van der Waals surface area contributed by atoms with Crippen LogP contribution in [0.25, 0.3) is 0 Å². The number of aliphatic hydroxyl groups is 1. The van der Waals surface area contributed by atoms with Crippen molar-refractivity contribution < 1.29 is 24.4 Å². The highest BCUT2D eigenvalue weighted by Crippen LogP contribution is 2.27. The maximum atomic E-state index is 12.7. The molecule has 0 fully saturated rings. The number of non-ortho nitro benzene ring substituents is 1. The Morgan fingerprint density at radius 3 is 2.65 bits per heavy atom. The Balaban J connectivity index is 1.71. The first-order valence-electron chi connectivity index (χ1n) is 10.7. The lowest BCUT2D eigenvalue weighted by Crippen LogP contribution is -2.33. The monoisotopic (exact) mass is 546 g/mol. The van der Waals surface area contributed by atoms with Gasteiger partial charge in [0.2, 0.25) is 5.91 Å². The summed E-state index contributed by atoms with van der Waals surface area (Å²) < 4.78 is 6.70. The van der Waals surface area contributed by atoms with Crippen LogP contribution < -0.4 is 15.4 Å². The molecule has 3 aromatic rings. The van der Waals surface area contributed by atoms with Gasteiger partial charge in [0.1, 0.15) is 11.8 Å². The normalized spacial score (nSPS) is 11.4. The third kappa shape index (κ3) is 7.06. The van der Waals surface area contributed by atoms with Gasteiger partial charge in [-0.2, -0.15) is 0 Å². The van der Waals surface area contributed by atoms with Crippen LogP contribution in [-0.2, 0) is 11.3 Å². The van der Waals surface area contributed by atoms with Crippen molar-refractivity contribution in [2.75, 3.05) is 24.8 Å². The number of nitrogens with zero attached hydrogens (tertiary/aromatic N) is 4. The fourth-order valence-corrected chi connectivity index (χ4v) is 4.10. The molecule has 2 amide bonds. The van der Waals surface area contributed by atoms with Crippen LogP contribution in [0.15, 0.2) is 60.3 Å². The minimum Gasteiger partial charge on any atom is -0.497 e. The Labute approximate surface area is 220 Å². The number of benzene rings is 2. The number of aromatic nitrogens is 3. The number of methoxy groups -OCH3 is 1. The number of ether oxygens (including phenoxy) is 1. The van der Waals surface area contributed by atoms with E-state index in [1.807, 2.05) is 0 Å². The number of rotatable bonds is 12. The maximum Gasteiger partial charge on any atom is 0.271 e. The summed E-state index contributed by atoms with van der Waals surface area (Å²) in [4.78, 5) is 35.6. The van der Waals surface area contributed by atoms with E-state index < -0.39 is 29.4 Å². The molecule has 2 aromatic carbocycles. The molecule has 3 rings (SSSR count). The third-order valence-corrected chi connectivity index (χ3v) is 6.27. The average molecular weight is 547 g/mol. The number of carbonyl (C=O) groups is 2. The fourth-order valence-electron chi connectivity index (χ4n) is 3.18.